The van der Waals surface area contributed by atoms with Crippen molar-refractivity contribution in [1.29, 1.82) is 0 Å². The molecule has 17 heterocycles. The predicted molar refractivity (Wildman–Crippen MR) is 562 cm³/mol. The molecule has 5 aliphatic heterocycles. The van der Waals surface area contributed by atoms with Crippen LogP contribution in [0.15, 0.2) is 238 Å². The number of halogens is 10. The quantitative estimate of drug-likeness (QED) is 0.0421. The molecule has 15 aromatic rings. The van der Waals surface area contributed by atoms with E-state index in [2.05, 4.69) is 59.8 Å². The first-order chi connectivity index (χ1) is 69.8. The number of hydrogen-bond acceptors (Lipinski definition) is 34. The maximum absolute atomic E-state index is 13.9. The van der Waals surface area contributed by atoms with Crippen molar-refractivity contribution >= 4 is 195 Å². The van der Waals surface area contributed by atoms with Crippen molar-refractivity contribution in [2.24, 2.45) is 5.73 Å². The first kappa shape index (κ1) is 105. The molecule has 5 aliphatic rings. The van der Waals surface area contributed by atoms with E-state index in [0.717, 1.165) is 35.5 Å². The molecule has 20 rings (SSSR count). The molecule has 0 bridgehead atoms. The third kappa shape index (κ3) is 27.0. The van der Waals surface area contributed by atoms with Crippen LogP contribution in [0.25, 0.3) is 27.9 Å². The van der Waals surface area contributed by atoms with Gasteiger partial charge in [0.15, 0.2) is 0 Å². The lowest BCUT2D eigenvalue weighted by atomic mass is 9.95. The Morgan fingerprint density at radius 1 is 0.352 bits per heavy atom. The van der Waals surface area contributed by atoms with Crippen LogP contribution in [0.2, 0.25) is 31.7 Å². The molecule has 0 saturated heterocycles. The molecule has 5 atom stereocenters. The lowest BCUT2D eigenvalue weighted by molar-refractivity contribution is 0.232. The van der Waals surface area contributed by atoms with Crippen LogP contribution < -0.4 is 68.2 Å². The molecule has 0 amide bonds. The summed E-state index contributed by atoms with van der Waals surface area (Å²) in [4.78, 5) is 126. The van der Waals surface area contributed by atoms with Crippen molar-refractivity contribution in [2.75, 3.05) is 104 Å². The summed E-state index contributed by atoms with van der Waals surface area (Å²) in [5, 5.41) is 42.7. The van der Waals surface area contributed by atoms with Crippen molar-refractivity contribution in [3.05, 3.63) is 373 Å². The standard InChI is InChI=1S/C20H18ClFN4O2S.C19H15Cl2FN4O2S.C19H17Cl2N5O3S.C19H17ClFN5OS.C19H18ClN5O3S/c1-12-2-3-13(8-16(12)22)15-6-7-25(10-17(15)27)19-23-11-26(20(28)24-19)9-14-4-5-18(21)29-14;20-14-7-11(1-3-15(14)22)13-5-6-25(9-16(13)27)18-23-10-26(19(28)24-18)8-12-2-4-17(21)29-12;1-29-17-13(20)3-4-14(23-17)12-6-7-25(9-15(12)27)18-22-10-26(19(28)24-18)8-11-2-5-16(21)30-11;20-17-6-5-14(28-17)9-26-11-23-18(24-19(26)27)25-8-7-15(16(22)10-25)12-1-3-13(21)4-2-12;1-28-17-4-2-3-14(22-17)13-7-8-24(10-15(13)26)18-21-11-25(19(27)23-18)9-12-5-6-16(20)29-12/h2-6,8,11,17,27H,7,9-10H2,1H3;1-5,7,10,16,27H,6,8-9H2;2-6,10,15,27H,7-9H2,1H3;1-7,11,16H,8-10,22H2;2-7,11,15,26H,8-10H2,1H3/t17-;16-;15-;16-;15-/m00000/s1. The van der Waals surface area contributed by atoms with Gasteiger partial charge in [-0.05, 0) is 155 Å². The number of anilines is 5. The maximum atomic E-state index is 13.9. The van der Waals surface area contributed by atoms with E-state index in [1.54, 1.807) is 125 Å². The van der Waals surface area contributed by atoms with Crippen molar-refractivity contribution in [3.8, 4) is 11.8 Å². The molecule has 750 valence electrons. The highest BCUT2D eigenvalue weighted by Gasteiger charge is 2.32. The zero-order chi connectivity index (χ0) is 102. The van der Waals surface area contributed by atoms with Crippen LogP contribution in [0.1, 0.15) is 58.0 Å². The average molecular weight is 2200 g/mol. The van der Waals surface area contributed by atoms with E-state index in [4.69, 9.17) is 96.4 Å². The number of nitrogens with two attached hydrogens (primary N) is 1. The van der Waals surface area contributed by atoms with E-state index >= 15 is 0 Å². The summed E-state index contributed by atoms with van der Waals surface area (Å²) in [6.45, 7) is 7.04. The topological polar surface area (TPSA) is 406 Å². The summed E-state index contributed by atoms with van der Waals surface area (Å²) >= 11 is 48.5. The van der Waals surface area contributed by atoms with Gasteiger partial charge in [-0.2, -0.15) is 24.9 Å². The molecule has 0 saturated carbocycles. The van der Waals surface area contributed by atoms with Gasteiger partial charge in [0.25, 0.3) is 0 Å². The number of thiophene rings is 5. The van der Waals surface area contributed by atoms with Gasteiger partial charge < -0.3 is 60.1 Å². The largest absolute Gasteiger partial charge is 0.481 e. The van der Waals surface area contributed by atoms with E-state index in [9.17, 15) is 57.6 Å². The number of benzene rings is 3. The van der Waals surface area contributed by atoms with Crippen LogP contribution in [-0.4, -0.2) is 213 Å². The van der Waals surface area contributed by atoms with E-state index in [1.165, 1.54) is 149 Å². The monoisotopic (exact) mass is 2200 g/mol. The fraction of sp³-hybridized carbons (Fsp3) is 0.240. The number of pyridine rings is 2. The number of nitrogens with zero attached hydrogens (tertiary/aromatic N) is 22. The molecule has 3 aromatic carbocycles. The van der Waals surface area contributed by atoms with Gasteiger partial charge in [-0.1, -0.05) is 148 Å². The van der Waals surface area contributed by atoms with E-state index in [-0.39, 0.29) is 78.4 Å². The lowest BCUT2D eigenvalue weighted by Gasteiger charge is -2.31. The summed E-state index contributed by atoms with van der Waals surface area (Å²) in [6.07, 6.45) is 13.2. The molecule has 0 spiro atoms. The van der Waals surface area contributed by atoms with E-state index < -0.39 is 53.0 Å². The first-order valence-electron chi connectivity index (χ1n) is 44.1. The summed E-state index contributed by atoms with van der Waals surface area (Å²) in [5.74, 6) is 1.05. The third-order valence-corrected chi connectivity index (χ3v) is 29.6. The van der Waals surface area contributed by atoms with Crippen LogP contribution in [0, 0.1) is 24.4 Å². The van der Waals surface area contributed by atoms with Crippen molar-refractivity contribution in [2.45, 2.75) is 70.1 Å². The smallest absolute Gasteiger partial charge is 0.352 e. The summed E-state index contributed by atoms with van der Waals surface area (Å²) in [6, 6.07) is 42.2. The zero-order valence-corrected chi connectivity index (χ0v) is 86.0. The highest BCUT2D eigenvalue weighted by atomic mass is 35.5. The first-order valence-corrected chi connectivity index (χ1v) is 50.8. The van der Waals surface area contributed by atoms with Crippen molar-refractivity contribution < 1.29 is 43.1 Å². The number of aliphatic hydroxyl groups is 4. The van der Waals surface area contributed by atoms with Crippen LogP contribution in [0.5, 0.6) is 11.8 Å². The Labute approximate surface area is 879 Å². The number of hydrogen-bond donors (Lipinski definition) is 5. The maximum Gasteiger partial charge on any atom is 0.352 e. The molecule has 0 aliphatic carbocycles. The minimum absolute atomic E-state index is 0.00278. The Balaban J connectivity index is 0.000000130. The number of rotatable bonds is 22. The van der Waals surface area contributed by atoms with Gasteiger partial charge in [0, 0.05) is 86.9 Å². The Kier molecular flexibility index (Phi) is 35.0. The molecule has 49 heteroatoms. The van der Waals surface area contributed by atoms with Crippen LogP contribution in [0.3, 0.4) is 0 Å². The number of aromatic nitrogens is 17. The number of β-amino-alcohol motifs (C(OH)–C–C–N with tert-alkyl or cyclic N) is 4. The molecule has 0 unspecified atom stereocenters. The second-order valence-electron chi connectivity index (χ2n) is 32.7. The molecule has 6 N–H and O–H groups in total. The minimum atomic E-state index is -0.857. The Bertz CT molecular complexity index is 7530. The van der Waals surface area contributed by atoms with Gasteiger partial charge in [0.05, 0.1) is 136 Å². The molecule has 34 nitrogen and oxygen atoms in total. The van der Waals surface area contributed by atoms with Crippen molar-refractivity contribution in [3.63, 3.8) is 0 Å². The van der Waals surface area contributed by atoms with Gasteiger partial charge in [0.1, 0.15) is 54.1 Å². The molecule has 145 heavy (non-hydrogen) atoms. The van der Waals surface area contributed by atoms with Gasteiger partial charge >= 0.3 is 28.4 Å². The average Bonchev–Trinajstić information content (AvgIpc) is 1.71. The SMILES string of the molecule is COc1cccc(C2=CCN(c3ncn(Cc4ccc(Cl)s4)c(=O)n3)C[C@@H]2O)n1.COc1nc(C2=CCN(c3ncn(Cc4ccc(Cl)s4)c(=O)n3)C[C@@H]2O)ccc1Cl.Cc1ccc(C2=CCN(c3ncn(Cc4ccc(Cl)s4)c(=O)n3)C[C@@H]2O)cc1F.N[C@H]1CN(c2ncn(Cc3ccc(Cl)s3)c(=O)n2)CC=C1c1ccc(F)cc1.O=c1nc(N2CC=C(c3ccc(F)c(Cl)c3)[C@@H](O)C2)ncn1Cc1ccc(Cl)s1. The van der Waals surface area contributed by atoms with Crippen molar-refractivity contribution in [1.82, 2.24) is 82.6 Å². The second kappa shape index (κ2) is 48.2. The van der Waals surface area contributed by atoms with Crippen LogP contribution >= 0.6 is 138 Å². The summed E-state index contributed by atoms with van der Waals surface area (Å²) in [7, 11) is 3.03. The van der Waals surface area contributed by atoms with Gasteiger partial charge in [-0.25, -0.2) is 72.0 Å². The van der Waals surface area contributed by atoms with Gasteiger partial charge in [0.2, 0.25) is 41.5 Å². The summed E-state index contributed by atoms with van der Waals surface area (Å²) < 4.78 is 61.0. The molecular weight excluding hydrogens is 2120 g/mol. The number of methoxy groups -OCH3 is 2. The number of ether oxygens (including phenoxy) is 2. The third-order valence-electron chi connectivity index (χ3n) is 22.9. The predicted octanol–water partition coefficient (Wildman–Crippen LogP) is 14.1. The van der Waals surface area contributed by atoms with Gasteiger partial charge in [-0.15, -0.1) is 56.7 Å². The lowest BCUT2D eigenvalue weighted by Crippen LogP contribution is -2.44. The highest BCUT2D eigenvalue weighted by molar-refractivity contribution is 7.17. The van der Waals surface area contributed by atoms with E-state index in [0.29, 0.717) is 167 Å². The Morgan fingerprint density at radius 2 is 0.683 bits per heavy atom. The fourth-order valence-corrected chi connectivity index (χ4v) is 21.4. The van der Waals surface area contributed by atoms with Crippen LogP contribution in [0.4, 0.5) is 42.9 Å². The Hall–Kier alpha value is -12.6. The Morgan fingerprint density at radius 3 is 1.00 bits per heavy atom. The van der Waals surface area contributed by atoms with Gasteiger partial charge in [-0.3, -0.25) is 22.8 Å². The molecular formula is C96H85Cl7F3N23O11S5. The summed E-state index contributed by atoms with van der Waals surface area (Å²) in [5.41, 5.74) is 11.8. The normalized spacial score (nSPS) is 16.7. The highest BCUT2D eigenvalue weighted by Crippen LogP contribution is 2.35. The molecule has 12 aromatic heterocycles. The van der Waals surface area contributed by atoms with Crippen LogP contribution in [-0.2, 0) is 32.7 Å². The molecule has 0 radical (unpaired) electrons. The zero-order valence-electron chi connectivity index (χ0n) is 76.6. The minimum Gasteiger partial charge on any atom is -0.481 e. The van der Waals surface area contributed by atoms with E-state index in [1.807, 2.05) is 65.6 Å². The fourth-order valence-electron chi connectivity index (χ4n) is 15.6. The molecule has 0 fully saturated rings. The second-order valence-corrected chi connectivity index (χ2v) is 42.5. The number of aryl methyl sites for hydroxylation is 1. The number of aliphatic hydroxyl groups excluding tert-OH is 4.